The largest absolute Gasteiger partial charge is 0.453 e. The van der Waals surface area contributed by atoms with Crippen LogP contribution in [-0.4, -0.2) is 54.0 Å². The van der Waals surface area contributed by atoms with Gasteiger partial charge < -0.3 is 24.4 Å². The van der Waals surface area contributed by atoms with Gasteiger partial charge in [0.2, 0.25) is 0 Å². The van der Waals surface area contributed by atoms with Crippen molar-refractivity contribution in [2.75, 3.05) is 7.11 Å². The molecule has 6 heteroatoms. The van der Waals surface area contributed by atoms with Crippen molar-refractivity contribution in [3.8, 4) is 0 Å². The zero-order valence-corrected chi connectivity index (χ0v) is 11.3. The lowest BCUT2D eigenvalue weighted by atomic mass is 9.99. The number of aliphatic hydroxyl groups is 2. The third-order valence-corrected chi connectivity index (χ3v) is 3.26. The van der Waals surface area contributed by atoms with E-state index in [1.165, 1.54) is 7.11 Å². The molecule has 1 unspecified atom stereocenters. The lowest BCUT2D eigenvalue weighted by Crippen LogP contribution is -2.58. The first kappa shape index (κ1) is 14.9. The van der Waals surface area contributed by atoms with Crippen LogP contribution in [0.2, 0.25) is 0 Å². The first-order valence-electron chi connectivity index (χ1n) is 6.35. The maximum Gasteiger partial charge on any atom is 0.338 e. The minimum absolute atomic E-state index is 0.371. The first-order valence-corrected chi connectivity index (χ1v) is 6.35. The molecule has 0 amide bonds. The fraction of sp³-hybridized carbons (Fsp3) is 0.500. The second-order valence-electron chi connectivity index (χ2n) is 4.66. The van der Waals surface area contributed by atoms with Crippen molar-refractivity contribution in [2.24, 2.45) is 0 Å². The number of rotatable bonds is 3. The molecule has 1 aromatic carbocycles. The average molecular weight is 282 g/mol. The van der Waals surface area contributed by atoms with E-state index >= 15 is 0 Å². The molecule has 0 spiro atoms. The van der Waals surface area contributed by atoms with Gasteiger partial charge in [0, 0.05) is 7.11 Å². The number of esters is 1. The highest BCUT2D eigenvalue weighted by atomic mass is 16.7. The van der Waals surface area contributed by atoms with E-state index in [0.29, 0.717) is 5.56 Å². The molecule has 1 aliphatic rings. The fourth-order valence-corrected chi connectivity index (χ4v) is 2.13. The summed E-state index contributed by atoms with van der Waals surface area (Å²) in [6.45, 7) is 1.64. The summed E-state index contributed by atoms with van der Waals surface area (Å²) in [7, 11) is 1.36. The van der Waals surface area contributed by atoms with Crippen LogP contribution >= 0.6 is 0 Å². The molecule has 0 aliphatic carbocycles. The molecule has 5 atom stereocenters. The van der Waals surface area contributed by atoms with Gasteiger partial charge in [0.1, 0.15) is 12.2 Å². The smallest absolute Gasteiger partial charge is 0.338 e. The maximum atomic E-state index is 12.0. The highest BCUT2D eigenvalue weighted by molar-refractivity contribution is 5.89. The van der Waals surface area contributed by atoms with Crippen LogP contribution in [0.1, 0.15) is 17.3 Å². The van der Waals surface area contributed by atoms with Gasteiger partial charge in [-0.1, -0.05) is 18.2 Å². The zero-order chi connectivity index (χ0) is 14.7. The summed E-state index contributed by atoms with van der Waals surface area (Å²) >= 11 is 0. The second kappa shape index (κ2) is 6.32. The van der Waals surface area contributed by atoms with Crippen LogP contribution in [0.5, 0.6) is 0 Å². The highest BCUT2D eigenvalue weighted by Gasteiger charge is 2.45. The Morgan fingerprint density at radius 1 is 1.20 bits per heavy atom. The van der Waals surface area contributed by atoms with E-state index < -0.39 is 36.7 Å². The molecule has 20 heavy (non-hydrogen) atoms. The van der Waals surface area contributed by atoms with Gasteiger partial charge in [0.05, 0.1) is 11.7 Å². The monoisotopic (exact) mass is 282 g/mol. The van der Waals surface area contributed by atoms with Crippen molar-refractivity contribution in [1.29, 1.82) is 0 Å². The zero-order valence-electron chi connectivity index (χ0n) is 11.3. The number of aliphatic hydroxyl groups excluding tert-OH is 2. The third-order valence-electron chi connectivity index (χ3n) is 3.26. The van der Waals surface area contributed by atoms with Gasteiger partial charge in [0.25, 0.3) is 0 Å². The van der Waals surface area contributed by atoms with Gasteiger partial charge in [0.15, 0.2) is 12.4 Å². The van der Waals surface area contributed by atoms with Crippen molar-refractivity contribution in [3.05, 3.63) is 35.9 Å². The van der Waals surface area contributed by atoms with Crippen LogP contribution in [-0.2, 0) is 14.2 Å². The normalized spacial score (nSPS) is 33.7. The van der Waals surface area contributed by atoms with Crippen LogP contribution in [0.25, 0.3) is 0 Å². The first-order chi connectivity index (χ1) is 9.54. The minimum atomic E-state index is -1.27. The molecule has 2 N–H and O–H groups in total. The summed E-state index contributed by atoms with van der Waals surface area (Å²) in [5.41, 5.74) is 0.371. The summed E-state index contributed by atoms with van der Waals surface area (Å²) < 4.78 is 15.5. The molecular formula is C14H18O6. The van der Waals surface area contributed by atoms with Crippen molar-refractivity contribution < 1.29 is 29.2 Å². The van der Waals surface area contributed by atoms with Gasteiger partial charge in [-0.05, 0) is 19.1 Å². The summed E-state index contributed by atoms with van der Waals surface area (Å²) in [5, 5.41) is 19.8. The second-order valence-corrected chi connectivity index (χ2v) is 4.66. The van der Waals surface area contributed by atoms with Crippen molar-refractivity contribution in [3.63, 3.8) is 0 Å². The molecule has 2 rings (SSSR count). The number of hydrogen-bond donors (Lipinski definition) is 2. The molecule has 1 saturated heterocycles. The standard InChI is InChI=1S/C14H18O6/c1-8-12(10(15)11(16)14(18-2)19-8)20-13(17)9-6-4-3-5-7-9/h3-8,10-12,14-16H,1-2H3/t8-,10-,11+,12-,14?/m1/s1. The van der Waals surface area contributed by atoms with Crippen molar-refractivity contribution >= 4 is 5.97 Å². The molecule has 0 radical (unpaired) electrons. The molecule has 0 bridgehead atoms. The predicted molar refractivity (Wildman–Crippen MR) is 69.0 cm³/mol. The van der Waals surface area contributed by atoms with Crippen LogP contribution < -0.4 is 0 Å². The van der Waals surface area contributed by atoms with E-state index in [2.05, 4.69) is 0 Å². The van der Waals surface area contributed by atoms with E-state index in [4.69, 9.17) is 14.2 Å². The lowest BCUT2D eigenvalue weighted by Gasteiger charge is -2.40. The van der Waals surface area contributed by atoms with E-state index in [-0.39, 0.29) is 0 Å². The van der Waals surface area contributed by atoms with Gasteiger partial charge in [-0.15, -0.1) is 0 Å². The molecule has 1 heterocycles. The maximum absolute atomic E-state index is 12.0. The van der Waals surface area contributed by atoms with Gasteiger partial charge in [-0.25, -0.2) is 4.79 Å². The van der Waals surface area contributed by atoms with Gasteiger partial charge >= 0.3 is 5.97 Å². The third kappa shape index (κ3) is 2.99. The van der Waals surface area contributed by atoms with E-state index in [1.54, 1.807) is 37.3 Å². The summed E-state index contributed by atoms with van der Waals surface area (Å²) in [5.74, 6) is -0.576. The Hall–Kier alpha value is -1.47. The number of carbonyl (C=O) groups is 1. The number of benzene rings is 1. The molecule has 0 saturated carbocycles. The Morgan fingerprint density at radius 2 is 1.85 bits per heavy atom. The number of ether oxygens (including phenoxy) is 3. The topological polar surface area (TPSA) is 85.2 Å². The number of hydrogen-bond acceptors (Lipinski definition) is 6. The molecular weight excluding hydrogens is 264 g/mol. The number of carbonyl (C=O) groups excluding carboxylic acids is 1. The molecule has 0 aromatic heterocycles. The Bertz CT molecular complexity index is 448. The van der Waals surface area contributed by atoms with Gasteiger partial charge in [-0.2, -0.15) is 0 Å². The Labute approximate surface area is 116 Å². The minimum Gasteiger partial charge on any atom is -0.453 e. The summed E-state index contributed by atoms with van der Waals surface area (Å²) in [4.78, 5) is 12.0. The van der Waals surface area contributed by atoms with E-state index in [9.17, 15) is 15.0 Å². The SMILES string of the molecule is COC1O[C@H](C)[C@@H](OC(=O)c2ccccc2)[C@H](O)[C@@H]1O. The molecule has 1 fully saturated rings. The Kier molecular flexibility index (Phi) is 4.72. The lowest BCUT2D eigenvalue weighted by molar-refractivity contribution is -0.285. The Morgan fingerprint density at radius 3 is 2.45 bits per heavy atom. The molecule has 110 valence electrons. The molecule has 6 nitrogen and oxygen atoms in total. The summed E-state index contributed by atoms with van der Waals surface area (Å²) in [6.07, 6.45) is -5.03. The molecule has 1 aromatic rings. The van der Waals surface area contributed by atoms with Crippen LogP contribution in [0, 0.1) is 0 Å². The van der Waals surface area contributed by atoms with Crippen molar-refractivity contribution in [2.45, 2.75) is 37.6 Å². The Balaban J connectivity index is 2.07. The van der Waals surface area contributed by atoms with E-state index in [1.807, 2.05) is 0 Å². The fourth-order valence-electron chi connectivity index (χ4n) is 2.13. The quantitative estimate of drug-likeness (QED) is 0.777. The summed E-state index contributed by atoms with van der Waals surface area (Å²) in [6, 6.07) is 8.42. The highest BCUT2D eigenvalue weighted by Crippen LogP contribution is 2.24. The molecule has 1 aliphatic heterocycles. The van der Waals surface area contributed by atoms with Crippen LogP contribution in [0.15, 0.2) is 30.3 Å². The van der Waals surface area contributed by atoms with E-state index in [0.717, 1.165) is 0 Å². The number of methoxy groups -OCH3 is 1. The average Bonchev–Trinajstić information content (AvgIpc) is 2.48. The van der Waals surface area contributed by atoms with Gasteiger partial charge in [-0.3, -0.25) is 0 Å². The van der Waals surface area contributed by atoms with Crippen LogP contribution in [0.4, 0.5) is 0 Å². The van der Waals surface area contributed by atoms with Crippen LogP contribution in [0.3, 0.4) is 0 Å². The predicted octanol–water partition coefficient (Wildman–Crippen LogP) is 0.325. The van der Waals surface area contributed by atoms with Crippen molar-refractivity contribution in [1.82, 2.24) is 0 Å².